The number of alkyl halides is 3. The van der Waals surface area contributed by atoms with Gasteiger partial charge in [-0.3, -0.25) is 5.32 Å². The van der Waals surface area contributed by atoms with Gasteiger partial charge < -0.3 is 9.64 Å². The highest BCUT2D eigenvalue weighted by atomic mass is 19.4. The number of hydrogen-bond acceptors (Lipinski definition) is 5. The average Bonchev–Trinajstić information content (AvgIpc) is 3.25. The van der Waals surface area contributed by atoms with Crippen LogP contribution in [0.4, 0.5) is 23.8 Å². The Hall–Kier alpha value is -3.21. The number of nitrogens with zero attached hydrogens (tertiary/aromatic N) is 5. The second kappa shape index (κ2) is 7.93. The van der Waals surface area contributed by atoms with Crippen LogP contribution in [-0.4, -0.2) is 55.3 Å². The number of nitrogens with one attached hydrogen (secondary N) is 1. The van der Waals surface area contributed by atoms with E-state index in [0.29, 0.717) is 17.6 Å². The van der Waals surface area contributed by atoms with Crippen molar-refractivity contribution >= 4 is 17.4 Å². The molecule has 2 amide bonds. The summed E-state index contributed by atoms with van der Waals surface area (Å²) < 4.78 is 48.2. The maximum atomic E-state index is 13.7. The van der Waals surface area contributed by atoms with Gasteiger partial charge in [0.05, 0.1) is 28.9 Å². The van der Waals surface area contributed by atoms with Crippen LogP contribution in [0.1, 0.15) is 38.7 Å². The second-order valence-corrected chi connectivity index (χ2v) is 9.26. The van der Waals surface area contributed by atoms with Gasteiger partial charge in [-0.15, -0.1) is 5.10 Å². The van der Waals surface area contributed by atoms with Gasteiger partial charge >= 0.3 is 12.2 Å². The number of likely N-dealkylation sites (tertiary alicyclic amines) is 1. The molecule has 1 saturated carbocycles. The zero-order valence-electron chi connectivity index (χ0n) is 19.0. The maximum absolute atomic E-state index is 13.7. The molecule has 8 nitrogen and oxygen atoms in total. The largest absolute Gasteiger partial charge is 0.418 e. The third kappa shape index (κ3) is 3.58. The number of carbonyl (C=O) groups excluding carboxylic acids is 1. The molecule has 4 heterocycles. The summed E-state index contributed by atoms with van der Waals surface area (Å²) in [5.74, 6) is 0.340. The number of pyridine rings is 1. The van der Waals surface area contributed by atoms with Crippen LogP contribution in [0.5, 0.6) is 0 Å². The van der Waals surface area contributed by atoms with Crippen molar-refractivity contribution in [3.8, 4) is 11.4 Å². The van der Waals surface area contributed by atoms with Crippen LogP contribution in [0.2, 0.25) is 0 Å². The highest BCUT2D eigenvalue weighted by Gasteiger charge is 2.61. The quantitative estimate of drug-likeness (QED) is 0.597. The number of anilines is 1. The van der Waals surface area contributed by atoms with Crippen LogP contribution in [0.25, 0.3) is 16.9 Å². The van der Waals surface area contributed by atoms with E-state index >= 15 is 0 Å². The molecular formula is C23H25F3N6O2. The van der Waals surface area contributed by atoms with E-state index in [1.54, 1.807) is 30.3 Å². The van der Waals surface area contributed by atoms with E-state index in [1.165, 1.54) is 16.8 Å². The molecule has 3 aromatic rings. The minimum Gasteiger partial charge on any atom is -0.379 e. The van der Waals surface area contributed by atoms with E-state index in [0.717, 1.165) is 19.3 Å². The number of carbonyl (C=O) groups is 1. The van der Waals surface area contributed by atoms with Crippen molar-refractivity contribution in [1.29, 1.82) is 0 Å². The van der Waals surface area contributed by atoms with Crippen LogP contribution in [-0.2, 0) is 10.9 Å². The molecule has 1 aliphatic carbocycles. The van der Waals surface area contributed by atoms with Crippen LogP contribution in [0.3, 0.4) is 0 Å². The fraction of sp³-hybridized carbons (Fsp3) is 0.478. The number of halogens is 3. The van der Waals surface area contributed by atoms with Gasteiger partial charge in [0.2, 0.25) is 0 Å². The number of methoxy groups -OCH3 is 1. The van der Waals surface area contributed by atoms with E-state index in [2.05, 4.69) is 27.3 Å². The molecule has 1 aliphatic heterocycles. The van der Waals surface area contributed by atoms with E-state index in [9.17, 15) is 18.0 Å². The number of rotatable bonds is 4. The minimum atomic E-state index is -4.66. The molecule has 1 saturated heterocycles. The highest BCUT2D eigenvalue weighted by Crippen LogP contribution is 2.52. The highest BCUT2D eigenvalue weighted by molar-refractivity contribution is 5.91. The van der Waals surface area contributed by atoms with Gasteiger partial charge in [-0.05, 0) is 50.3 Å². The number of piperidine rings is 1. The molecule has 0 aromatic carbocycles. The lowest BCUT2D eigenvalue weighted by atomic mass is 9.62. The zero-order chi connectivity index (χ0) is 24.3. The standard InChI is InChI=1S/C23H25F3N6O2/c1-13-7-16-10-22(9-13,14(2)34-3)32(16)21(33)29-19-8-17(18(12-27-19)23(24,25)26)20-28-11-15-5-4-6-31(15)30-20/h4-6,8,11-14,16H,7,9-10H2,1-3H3,(H,27,29,33)/t13-,14?,16-,22+/m0/s1. The molecule has 0 spiro atoms. The lowest BCUT2D eigenvalue weighted by Crippen LogP contribution is -2.76. The van der Waals surface area contributed by atoms with Gasteiger partial charge in [0, 0.05) is 31.1 Å². The summed E-state index contributed by atoms with van der Waals surface area (Å²) in [7, 11) is 1.62. The van der Waals surface area contributed by atoms with Crippen molar-refractivity contribution in [3.63, 3.8) is 0 Å². The molecule has 1 N–H and O–H groups in total. The van der Waals surface area contributed by atoms with Crippen molar-refractivity contribution < 1.29 is 22.7 Å². The van der Waals surface area contributed by atoms with Gasteiger partial charge in [-0.1, -0.05) is 6.92 Å². The third-order valence-electron chi connectivity index (χ3n) is 7.11. The Labute approximate surface area is 194 Å². The molecule has 34 heavy (non-hydrogen) atoms. The predicted molar refractivity (Wildman–Crippen MR) is 118 cm³/mol. The number of hydrogen-bond donors (Lipinski definition) is 1. The normalized spacial score (nSPS) is 25.2. The fourth-order valence-corrected chi connectivity index (χ4v) is 5.55. The van der Waals surface area contributed by atoms with Crippen LogP contribution >= 0.6 is 0 Å². The molecule has 2 aliphatic rings. The summed E-state index contributed by atoms with van der Waals surface area (Å²) >= 11 is 0. The van der Waals surface area contributed by atoms with Crippen molar-refractivity contribution in [2.75, 3.05) is 12.4 Å². The number of urea groups is 1. The lowest BCUT2D eigenvalue weighted by Gasteiger charge is -2.65. The fourth-order valence-electron chi connectivity index (χ4n) is 5.55. The molecule has 180 valence electrons. The molecule has 5 rings (SSSR count). The predicted octanol–water partition coefficient (Wildman–Crippen LogP) is 4.62. The summed E-state index contributed by atoms with van der Waals surface area (Å²) in [4.78, 5) is 23.0. The smallest absolute Gasteiger partial charge is 0.379 e. The van der Waals surface area contributed by atoms with Gasteiger partial charge in [-0.25, -0.2) is 19.3 Å². The Balaban J connectivity index is 1.48. The van der Waals surface area contributed by atoms with Gasteiger partial charge in [-0.2, -0.15) is 13.2 Å². The molecule has 4 atom stereocenters. The maximum Gasteiger partial charge on any atom is 0.418 e. The Morgan fingerprint density at radius 1 is 1.29 bits per heavy atom. The van der Waals surface area contributed by atoms with Crippen molar-refractivity contribution in [3.05, 3.63) is 42.4 Å². The van der Waals surface area contributed by atoms with E-state index in [1.807, 2.05) is 6.92 Å². The Bertz CT molecular complexity index is 1240. The molecule has 3 aromatic heterocycles. The number of fused-ring (bicyclic) bond motifs is 3. The van der Waals surface area contributed by atoms with E-state index in [4.69, 9.17) is 4.74 Å². The Morgan fingerprint density at radius 2 is 2.09 bits per heavy atom. The molecule has 2 bridgehead atoms. The van der Waals surface area contributed by atoms with Crippen molar-refractivity contribution in [2.45, 2.75) is 57.0 Å². The summed E-state index contributed by atoms with van der Waals surface area (Å²) in [6.45, 7) is 4.10. The molecule has 2 fully saturated rings. The second-order valence-electron chi connectivity index (χ2n) is 9.26. The van der Waals surface area contributed by atoms with Crippen LogP contribution in [0, 0.1) is 5.92 Å². The summed E-state index contributed by atoms with van der Waals surface area (Å²) in [6, 6.07) is 4.31. The topological polar surface area (TPSA) is 84.7 Å². The summed E-state index contributed by atoms with van der Waals surface area (Å²) in [5, 5.41) is 6.90. The average molecular weight is 474 g/mol. The van der Waals surface area contributed by atoms with Crippen molar-refractivity contribution in [1.82, 2.24) is 24.5 Å². The number of amides is 2. The van der Waals surface area contributed by atoms with Gasteiger partial charge in [0.25, 0.3) is 0 Å². The first kappa shape index (κ1) is 22.6. The summed E-state index contributed by atoms with van der Waals surface area (Å²) in [5.41, 5.74) is -1.02. The zero-order valence-corrected chi connectivity index (χ0v) is 19.0. The first-order chi connectivity index (χ1) is 16.1. The Kier molecular flexibility index (Phi) is 5.27. The van der Waals surface area contributed by atoms with Gasteiger partial charge in [0.1, 0.15) is 5.82 Å². The van der Waals surface area contributed by atoms with Crippen LogP contribution < -0.4 is 5.32 Å². The molecule has 11 heteroatoms. The van der Waals surface area contributed by atoms with Gasteiger partial charge in [0.15, 0.2) is 5.82 Å². The first-order valence-electron chi connectivity index (χ1n) is 11.1. The first-order valence-corrected chi connectivity index (χ1v) is 11.1. The Morgan fingerprint density at radius 3 is 2.82 bits per heavy atom. The lowest BCUT2D eigenvalue weighted by molar-refractivity contribution is -0.155. The third-order valence-corrected chi connectivity index (χ3v) is 7.11. The van der Waals surface area contributed by atoms with E-state index < -0.39 is 23.3 Å². The SMILES string of the molecule is COC(C)[C@@]12C[C@@H](C)C[C@@H](C1)N2C(=O)Nc1cc(-c2ncc3cccn3n2)c(C(F)(F)F)cn1. The van der Waals surface area contributed by atoms with E-state index in [-0.39, 0.29) is 29.4 Å². The monoisotopic (exact) mass is 474 g/mol. The van der Waals surface area contributed by atoms with Crippen molar-refractivity contribution in [2.24, 2.45) is 5.92 Å². The summed E-state index contributed by atoms with van der Waals surface area (Å²) in [6.07, 6.45) is 1.47. The molecular weight excluding hydrogens is 449 g/mol. The van der Waals surface area contributed by atoms with Crippen LogP contribution in [0.15, 0.2) is 36.8 Å². The number of aromatic nitrogens is 4. The minimum absolute atomic E-state index is 0.00226. The number of ether oxygens (including phenoxy) is 1. The molecule has 0 radical (unpaired) electrons. The molecule has 1 unspecified atom stereocenters.